The highest BCUT2D eigenvalue weighted by molar-refractivity contribution is 5.21. The summed E-state index contributed by atoms with van der Waals surface area (Å²) >= 11 is 0. The summed E-state index contributed by atoms with van der Waals surface area (Å²) in [6.07, 6.45) is 16.9. The second kappa shape index (κ2) is 18.0. The van der Waals surface area contributed by atoms with Gasteiger partial charge in [-0.2, -0.15) is 0 Å². The number of hydrogen-bond donors (Lipinski definition) is 0. The molecule has 0 amide bonds. The lowest BCUT2D eigenvalue weighted by molar-refractivity contribution is -0.140. The lowest BCUT2D eigenvalue weighted by Crippen LogP contribution is -2.17. The molecule has 0 rings (SSSR count). The van der Waals surface area contributed by atoms with Crippen molar-refractivity contribution in [3.8, 4) is 11.8 Å². The van der Waals surface area contributed by atoms with Crippen LogP contribution in [0.3, 0.4) is 0 Å². The minimum absolute atomic E-state index is 0.00553. The minimum atomic E-state index is 0.00553. The molecule has 0 aliphatic heterocycles. The van der Waals surface area contributed by atoms with Crippen LogP contribution >= 0.6 is 0 Å². The monoisotopic (exact) mass is 306 g/mol. The molecule has 0 atom stereocenters. The van der Waals surface area contributed by atoms with Gasteiger partial charge in [-0.25, -0.2) is 0 Å². The van der Waals surface area contributed by atoms with E-state index >= 15 is 0 Å². The van der Waals surface area contributed by atoms with E-state index in [9.17, 15) is 0 Å². The Kier molecular flexibility index (Phi) is 17.2. The first-order chi connectivity index (χ1) is 10.8. The van der Waals surface area contributed by atoms with Gasteiger partial charge in [-0.1, -0.05) is 56.6 Å². The van der Waals surface area contributed by atoms with Gasteiger partial charge in [0.25, 0.3) is 0 Å². The summed E-state index contributed by atoms with van der Waals surface area (Å²) < 4.78 is 11.1. The zero-order valence-electron chi connectivity index (χ0n) is 14.6. The molecule has 126 valence electrons. The summed E-state index contributed by atoms with van der Waals surface area (Å²) in [6, 6.07) is 0. The third kappa shape index (κ3) is 15.4. The third-order valence-corrected chi connectivity index (χ3v) is 3.40. The van der Waals surface area contributed by atoms with Gasteiger partial charge in [-0.05, 0) is 51.7 Å². The highest BCUT2D eigenvalue weighted by Crippen LogP contribution is 2.12. The van der Waals surface area contributed by atoms with E-state index in [1.807, 2.05) is 19.9 Å². The van der Waals surface area contributed by atoms with Gasteiger partial charge in [0.2, 0.25) is 0 Å². The van der Waals surface area contributed by atoms with E-state index in [2.05, 4.69) is 24.5 Å². The molecule has 0 unspecified atom stereocenters. The van der Waals surface area contributed by atoms with Crippen molar-refractivity contribution in [1.82, 2.24) is 0 Å². The van der Waals surface area contributed by atoms with Crippen molar-refractivity contribution in [3.05, 3.63) is 24.8 Å². The molecule has 0 aliphatic rings. The van der Waals surface area contributed by atoms with Crippen LogP contribution in [0.4, 0.5) is 0 Å². The van der Waals surface area contributed by atoms with Crippen molar-refractivity contribution in [2.75, 3.05) is 13.2 Å². The summed E-state index contributed by atoms with van der Waals surface area (Å²) in [5.74, 6) is 5.73. The maximum absolute atomic E-state index is 5.55. The Labute approximate surface area is 138 Å². The van der Waals surface area contributed by atoms with Crippen LogP contribution in [0.15, 0.2) is 24.8 Å². The van der Waals surface area contributed by atoms with Gasteiger partial charge in [0.05, 0.1) is 0 Å². The van der Waals surface area contributed by atoms with Gasteiger partial charge in [-0.3, -0.25) is 0 Å². The van der Waals surface area contributed by atoms with Gasteiger partial charge in [0.15, 0.2) is 6.29 Å². The van der Waals surface area contributed by atoms with Crippen molar-refractivity contribution in [2.24, 2.45) is 0 Å². The molecule has 0 fully saturated rings. The van der Waals surface area contributed by atoms with Gasteiger partial charge in [0.1, 0.15) is 0 Å². The smallest absolute Gasteiger partial charge is 0.157 e. The minimum Gasteiger partial charge on any atom is -0.353 e. The third-order valence-electron chi connectivity index (χ3n) is 3.40. The molecule has 0 saturated carbocycles. The Morgan fingerprint density at radius 2 is 1.45 bits per heavy atom. The summed E-state index contributed by atoms with van der Waals surface area (Å²) in [4.78, 5) is 0. The second-order valence-electron chi connectivity index (χ2n) is 5.29. The average molecular weight is 306 g/mol. The first-order valence-electron chi connectivity index (χ1n) is 8.85. The quantitative estimate of drug-likeness (QED) is 0.235. The van der Waals surface area contributed by atoms with Crippen LogP contribution in [0.1, 0.15) is 71.6 Å². The molecule has 2 heteroatoms. The normalized spacial score (nSPS) is 10.9. The van der Waals surface area contributed by atoms with Crippen molar-refractivity contribution >= 4 is 0 Å². The van der Waals surface area contributed by atoms with Gasteiger partial charge < -0.3 is 9.47 Å². The summed E-state index contributed by atoms with van der Waals surface area (Å²) in [7, 11) is 0. The Hall–Kier alpha value is -1.04. The summed E-state index contributed by atoms with van der Waals surface area (Å²) in [5, 5.41) is 0. The molecule has 0 heterocycles. The van der Waals surface area contributed by atoms with E-state index in [4.69, 9.17) is 9.47 Å². The molecule has 0 aromatic rings. The molecular formula is C20H34O2. The SMILES string of the molecule is C=CC#C/C=C\CCCCCCCCCC(OCC)OCC. The first-order valence-corrected chi connectivity index (χ1v) is 8.85. The molecule has 0 spiro atoms. The van der Waals surface area contributed by atoms with Gasteiger partial charge in [-0.15, -0.1) is 0 Å². The molecule has 0 saturated heterocycles. The molecular weight excluding hydrogens is 272 g/mol. The van der Waals surface area contributed by atoms with Crippen molar-refractivity contribution in [3.63, 3.8) is 0 Å². The molecule has 2 nitrogen and oxygen atoms in total. The molecule has 0 aromatic heterocycles. The Morgan fingerprint density at radius 1 is 0.864 bits per heavy atom. The fourth-order valence-corrected chi connectivity index (χ4v) is 2.29. The second-order valence-corrected chi connectivity index (χ2v) is 5.29. The molecule has 0 aromatic carbocycles. The molecule has 0 N–H and O–H groups in total. The largest absolute Gasteiger partial charge is 0.353 e. The topological polar surface area (TPSA) is 18.5 Å². The summed E-state index contributed by atoms with van der Waals surface area (Å²) in [6.45, 7) is 9.07. The highest BCUT2D eigenvalue weighted by atomic mass is 16.7. The number of unbranched alkanes of at least 4 members (excludes halogenated alkanes) is 7. The van der Waals surface area contributed by atoms with E-state index in [0.717, 1.165) is 26.1 Å². The maximum atomic E-state index is 5.55. The number of rotatable bonds is 14. The van der Waals surface area contributed by atoms with E-state index in [1.54, 1.807) is 6.08 Å². The van der Waals surface area contributed by atoms with E-state index < -0.39 is 0 Å². The Bertz CT molecular complexity index is 316. The maximum Gasteiger partial charge on any atom is 0.157 e. The molecule has 22 heavy (non-hydrogen) atoms. The number of ether oxygens (including phenoxy) is 2. The van der Waals surface area contributed by atoms with E-state index in [-0.39, 0.29) is 6.29 Å². The van der Waals surface area contributed by atoms with Gasteiger partial charge in [0, 0.05) is 13.2 Å². The fraction of sp³-hybridized carbons (Fsp3) is 0.700. The average Bonchev–Trinajstić information content (AvgIpc) is 2.52. The fourth-order valence-electron chi connectivity index (χ4n) is 2.29. The van der Waals surface area contributed by atoms with Crippen LogP contribution in [0.5, 0.6) is 0 Å². The number of allylic oxidation sites excluding steroid dienone is 3. The number of hydrogen-bond acceptors (Lipinski definition) is 2. The van der Waals surface area contributed by atoms with Crippen molar-refractivity contribution < 1.29 is 9.47 Å². The van der Waals surface area contributed by atoms with Crippen molar-refractivity contribution in [1.29, 1.82) is 0 Å². The molecule has 0 radical (unpaired) electrons. The lowest BCUT2D eigenvalue weighted by Gasteiger charge is -2.16. The standard InChI is InChI=1S/C20H34O2/c1-4-7-8-9-10-11-12-13-14-15-16-17-18-19-20(21-5-2)22-6-3/h4,9-10,20H,1,5-6,11-19H2,2-3H3/b10-9-. The highest BCUT2D eigenvalue weighted by Gasteiger charge is 2.06. The molecule has 0 bridgehead atoms. The Balaban J connectivity index is 3.32. The first kappa shape index (κ1) is 21.0. The zero-order chi connectivity index (χ0) is 16.3. The van der Waals surface area contributed by atoms with E-state index in [1.165, 1.54) is 44.9 Å². The van der Waals surface area contributed by atoms with Gasteiger partial charge >= 0.3 is 0 Å². The predicted octanol–water partition coefficient (Wildman–Crippen LogP) is 5.64. The van der Waals surface area contributed by atoms with Crippen LogP contribution in [-0.4, -0.2) is 19.5 Å². The van der Waals surface area contributed by atoms with Crippen LogP contribution in [0.25, 0.3) is 0 Å². The molecule has 0 aliphatic carbocycles. The Morgan fingerprint density at radius 3 is 2.05 bits per heavy atom. The van der Waals surface area contributed by atoms with Crippen molar-refractivity contribution in [2.45, 2.75) is 77.9 Å². The van der Waals surface area contributed by atoms with E-state index in [0.29, 0.717) is 0 Å². The zero-order valence-corrected chi connectivity index (χ0v) is 14.6. The summed E-state index contributed by atoms with van der Waals surface area (Å²) in [5.41, 5.74) is 0. The van der Waals surface area contributed by atoms with Crippen LogP contribution in [0, 0.1) is 11.8 Å². The van der Waals surface area contributed by atoms with Crippen LogP contribution < -0.4 is 0 Å². The van der Waals surface area contributed by atoms with Crippen LogP contribution in [0.2, 0.25) is 0 Å². The predicted molar refractivity (Wildman–Crippen MR) is 95.7 cm³/mol. The van der Waals surface area contributed by atoms with Crippen LogP contribution in [-0.2, 0) is 9.47 Å². The lowest BCUT2D eigenvalue weighted by atomic mass is 10.1.